The monoisotopic (exact) mass is 331 g/mol. The van der Waals surface area contributed by atoms with E-state index in [2.05, 4.69) is 47.3 Å². The minimum atomic E-state index is 0.426. The summed E-state index contributed by atoms with van der Waals surface area (Å²) < 4.78 is 2.10. The Morgan fingerprint density at radius 2 is 2.17 bits per heavy atom. The van der Waals surface area contributed by atoms with Gasteiger partial charge >= 0.3 is 0 Å². The Balaban J connectivity index is 1.55. The molecule has 3 rings (SSSR count). The molecule has 5 heteroatoms. The van der Waals surface area contributed by atoms with Crippen molar-refractivity contribution in [2.24, 2.45) is 10.4 Å². The molecule has 1 atom stereocenters. The van der Waals surface area contributed by atoms with Crippen molar-refractivity contribution in [3.8, 4) is 0 Å². The molecule has 2 aliphatic rings. The molecule has 134 valence electrons. The molecule has 0 amide bonds. The quantitative estimate of drug-likeness (QED) is 0.658. The van der Waals surface area contributed by atoms with E-state index >= 15 is 0 Å². The Morgan fingerprint density at radius 3 is 2.83 bits per heavy atom. The first-order valence-corrected chi connectivity index (χ1v) is 9.53. The third-order valence-corrected chi connectivity index (χ3v) is 5.68. The smallest absolute Gasteiger partial charge is 0.191 e. The van der Waals surface area contributed by atoms with Crippen LogP contribution in [0.25, 0.3) is 0 Å². The van der Waals surface area contributed by atoms with Crippen molar-refractivity contribution < 1.29 is 0 Å². The van der Waals surface area contributed by atoms with Crippen molar-refractivity contribution in [3.63, 3.8) is 0 Å². The van der Waals surface area contributed by atoms with Crippen LogP contribution in [0.3, 0.4) is 0 Å². The molecule has 0 bridgehead atoms. The molecule has 1 unspecified atom stereocenters. The minimum Gasteiger partial charge on any atom is -0.356 e. The molecule has 2 aliphatic carbocycles. The summed E-state index contributed by atoms with van der Waals surface area (Å²) in [6, 6.07) is 0.860. The number of aliphatic imine (C=N–C) groups is 1. The zero-order chi connectivity index (χ0) is 17.2. The van der Waals surface area contributed by atoms with Gasteiger partial charge < -0.3 is 10.6 Å². The summed E-state index contributed by atoms with van der Waals surface area (Å²) in [5.41, 5.74) is 3.11. The first-order valence-electron chi connectivity index (χ1n) is 9.53. The Bertz CT molecular complexity index is 581. The molecule has 0 aliphatic heterocycles. The lowest BCUT2D eigenvalue weighted by molar-refractivity contribution is 0.333. The normalized spacial score (nSPS) is 23.4. The van der Waals surface area contributed by atoms with E-state index in [9.17, 15) is 0 Å². The first kappa shape index (κ1) is 17.3. The average Bonchev–Trinajstić information content (AvgIpc) is 3.17. The molecule has 2 N–H and O–H groups in total. The molecule has 0 spiro atoms. The second-order valence-electron chi connectivity index (χ2n) is 8.20. The van der Waals surface area contributed by atoms with Gasteiger partial charge in [0.15, 0.2) is 5.96 Å². The number of nitrogens with zero attached hydrogens (tertiary/aromatic N) is 3. The highest BCUT2D eigenvalue weighted by atomic mass is 15.3. The number of guanidine groups is 1. The van der Waals surface area contributed by atoms with E-state index in [4.69, 9.17) is 5.10 Å². The molecule has 5 nitrogen and oxygen atoms in total. The lowest BCUT2D eigenvalue weighted by Crippen LogP contribution is -2.48. The van der Waals surface area contributed by atoms with Crippen LogP contribution < -0.4 is 10.6 Å². The van der Waals surface area contributed by atoms with Crippen LogP contribution in [0.1, 0.15) is 70.2 Å². The molecule has 0 saturated heterocycles. The fourth-order valence-electron chi connectivity index (χ4n) is 3.99. The number of fused-ring (bicyclic) bond motifs is 1. The van der Waals surface area contributed by atoms with Gasteiger partial charge in [-0.15, -0.1) is 0 Å². The Morgan fingerprint density at radius 1 is 1.42 bits per heavy atom. The number of rotatable bonds is 4. The summed E-state index contributed by atoms with van der Waals surface area (Å²) in [5, 5.41) is 11.9. The summed E-state index contributed by atoms with van der Waals surface area (Å²) in [7, 11) is 1.87. The molecule has 1 heterocycles. The fraction of sp³-hybridized carbons (Fsp3) is 0.789. The van der Waals surface area contributed by atoms with Crippen LogP contribution in [-0.2, 0) is 12.8 Å². The number of aryl methyl sites for hydroxylation is 1. The van der Waals surface area contributed by atoms with Gasteiger partial charge in [0, 0.05) is 38.3 Å². The van der Waals surface area contributed by atoms with Crippen LogP contribution in [-0.4, -0.2) is 35.4 Å². The SMILES string of the molecule is CN=C(NCC1(C)CCCC1)NC1CCc2cn(C(C)C)nc2C1. The Labute approximate surface area is 146 Å². The predicted octanol–water partition coefficient (Wildman–Crippen LogP) is 3.07. The maximum Gasteiger partial charge on any atom is 0.191 e. The van der Waals surface area contributed by atoms with Crippen molar-refractivity contribution in [1.82, 2.24) is 20.4 Å². The highest BCUT2D eigenvalue weighted by Crippen LogP contribution is 2.36. The molecule has 1 aromatic rings. The molecule has 1 saturated carbocycles. The topological polar surface area (TPSA) is 54.2 Å². The van der Waals surface area contributed by atoms with Gasteiger partial charge in [0.05, 0.1) is 5.69 Å². The molecular formula is C19H33N5. The maximum atomic E-state index is 4.77. The van der Waals surface area contributed by atoms with Gasteiger partial charge in [-0.1, -0.05) is 19.8 Å². The largest absolute Gasteiger partial charge is 0.356 e. The predicted molar refractivity (Wildman–Crippen MR) is 99.5 cm³/mol. The standard InChI is InChI=1S/C19H33N5/c1-14(2)24-12-15-7-8-16(11-17(15)23-24)22-18(20-4)21-13-19(3)9-5-6-10-19/h12,14,16H,5-11,13H2,1-4H3,(H2,20,21,22). The van der Waals surface area contributed by atoms with Gasteiger partial charge in [0.2, 0.25) is 0 Å². The van der Waals surface area contributed by atoms with Crippen molar-refractivity contribution in [3.05, 3.63) is 17.5 Å². The zero-order valence-electron chi connectivity index (χ0n) is 15.7. The van der Waals surface area contributed by atoms with Crippen LogP contribution in [0, 0.1) is 5.41 Å². The van der Waals surface area contributed by atoms with Crippen LogP contribution in [0.15, 0.2) is 11.2 Å². The maximum absolute atomic E-state index is 4.77. The summed E-state index contributed by atoms with van der Waals surface area (Å²) >= 11 is 0. The average molecular weight is 332 g/mol. The number of nitrogens with one attached hydrogen (secondary N) is 2. The van der Waals surface area contributed by atoms with Crippen LogP contribution >= 0.6 is 0 Å². The number of hydrogen-bond donors (Lipinski definition) is 2. The van der Waals surface area contributed by atoms with Crippen molar-refractivity contribution in [1.29, 1.82) is 0 Å². The van der Waals surface area contributed by atoms with Gasteiger partial charge in [-0.05, 0) is 50.5 Å². The van der Waals surface area contributed by atoms with Crippen LogP contribution in [0.2, 0.25) is 0 Å². The van der Waals surface area contributed by atoms with Crippen LogP contribution in [0.5, 0.6) is 0 Å². The third kappa shape index (κ3) is 3.93. The summed E-state index contributed by atoms with van der Waals surface area (Å²) in [4.78, 5) is 4.43. The molecule has 1 fully saturated rings. The zero-order valence-corrected chi connectivity index (χ0v) is 15.7. The Kier molecular flexibility index (Phi) is 5.16. The number of hydrogen-bond acceptors (Lipinski definition) is 2. The molecule has 24 heavy (non-hydrogen) atoms. The summed E-state index contributed by atoms with van der Waals surface area (Å²) in [6.07, 6.45) is 10.9. The van der Waals surface area contributed by atoms with E-state index in [1.54, 1.807) is 0 Å². The minimum absolute atomic E-state index is 0.426. The van der Waals surface area contributed by atoms with Crippen molar-refractivity contribution in [2.75, 3.05) is 13.6 Å². The lowest BCUT2D eigenvalue weighted by Gasteiger charge is -2.28. The van der Waals surface area contributed by atoms with E-state index in [1.165, 1.54) is 36.9 Å². The van der Waals surface area contributed by atoms with Crippen molar-refractivity contribution >= 4 is 5.96 Å². The lowest BCUT2D eigenvalue weighted by atomic mass is 9.89. The van der Waals surface area contributed by atoms with Gasteiger partial charge in [0.25, 0.3) is 0 Å². The molecule has 0 aromatic carbocycles. The summed E-state index contributed by atoms with van der Waals surface area (Å²) in [6.45, 7) is 7.78. The summed E-state index contributed by atoms with van der Waals surface area (Å²) in [5.74, 6) is 0.944. The van der Waals surface area contributed by atoms with E-state index < -0.39 is 0 Å². The highest BCUT2D eigenvalue weighted by Gasteiger charge is 2.29. The Hall–Kier alpha value is -1.52. The van der Waals surface area contributed by atoms with Crippen molar-refractivity contribution in [2.45, 2.75) is 77.8 Å². The van der Waals surface area contributed by atoms with E-state index in [0.29, 0.717) is 17.5 Å². The fourth-order valence-corrected chi connectivity index (χ4v) is 3.99. The van der Waals surface area contributed by atoms with E-state index in [1.807, 2.05) is 7.05 Å². The van der Waals surface area contributed by atoms with Crippen LogP contribution in [0.4, 0.5) is 0 Å². The number of aromatic nitrogens is 2. The van der Waals surface area contributed by atoms with Gasteiger partial charge in [-0.25, -0.2) is 0 Å². The van der Waals surface area contributed by atoms with E-state index in [-0.39, 0.29) is 0 Å². The first-order chi connectivity index (χ1) is 11.5. The molecule has 0 radical (unpaired) electrons. The molecular weight excluding hydrogens is 298 g/mol. The molecule has 1 aromatic heterocycles. The highest BCUT2D eigenvalue weighted by molar-refractivity contribution is 5.80. The second-order valence-corrected chi connectivity index (χ2v) is 8.20. The second kappa shape index (κ2) is 7.16. The van der Waals surface area contributed by atoms with E-state index in [0.717, 1.165) is 31.8 Å². The van der Waals surface area contributed by atoms with Gasteiger partial charge in [-0.3, -0.25) is 9.67 Å². The van der Waals surface area contributed by atoms with Gasteiger partial charge in [-0.2, -0.15) is 5.10 Å². The third-order valence-electron chi connectivity index (χ3n) is 5.68. The van der Waals surface area contributed by atoms with Gasteiger partial charge in [0.1, 0.15) is 0 Å².